The number of nitrogens with one attached hydrogen (secondary N) is 1. The van der Waals surface area contributed by atoms with Crippen LogP contribution in [0.3, 0.4) is 0 Å². The highest BCUT2D eigenvalue weighted by Crippen LogP contribution is 2.40. The van der Waals surface area contributed by atoms with Gasteiger partial charge in [-0.3, -0.25) is 4.79 Å². The third-order valence-electron chi connectivity index (χ3n) is 8.13. The summed E-state index contributed by atoms with van der Waals surface area (Å²) in [7, 11) is 0. The summed E-state index contributed by atoms with van der Waals surface area (Å²) in [5, 5.41) is 15.2. The molecular formula is C32H34ClF3N2O5. The first-order valence-corrected chi connectivity index (χ1v) is 15.1. The van der Waals surface area contributed by atoms with Gasteiger partial charge in [0, 0.05) is 13.0 Å². The van der Waals surface area contributed by atoms with Gasteiger partial charge < -0.3 is 29.5 Å². The van der Waals surface area contributed by atoms with Crippen LogP contribution in [0.4, 0.5) is 13.2 Å². The van der Waals surface area contributed by atoms with Crippen LogP contribution in [-0.4, -0.2) is 65.5 Å². The summed E-state index contributed by atoms with van der Waals surface area (Å²) in [6, 6.07) is 13.1. The van der Waals surface area contributed by atoms with Gasteiger partial charge in [0.1, 0.15) is 11.9 Å². The van der Waals surface area contributed by atoms with E-state index in [0.29, 0.717) is 28.0 Å². The minimum absolute atomic E-state index is 0.0553. The molecule has 2 N–H and O–H groups in total. The standard InChI is InChI=1S/C32H34ClF3N2O5/c33-29-30(41-24-8-9-24)43-26-10-6-22(17-27(26)42-29)28(39)25(18-38-13-1-2-14-38)37-31(40)32(35,36)12-11-19-3-4-21-16-23(34)7-5-20(21)15-19/h3-7,10,15-17,24-25,28-30,39H,1-2,8-9,11-14,18H2,(H,37,40)/t25-,28-,29?,30?/m1/s1. The molecule has 0 radical (unpaired) electrons. The van der Waals surface area contributed by atoms with Gasteiger partial charge in [0.2, 0.25) is 5.56 Å². The van der Waals surface area contributed by atoms with Gasteiger partial charge in [-0.2, -0.15) is 8.78 Å². The van der Waals surface area contributed by atoms with Gasteiger partial charge >= 0.3 is 5.92 Å². The molecule has 7 nitrogen and oxygen atoms in total. The molecule has 0 spiro atoms. The van der Waals surface area contributed by atoms with Gasteiger partial charge in [0.25, 0.3) is 12.2 Å². The first kappa shape index (κ1) is 30.0. The average molecular weight is 619 g/mol. The van der Waals surface area contributed by atoms with Crippen LogP contribution in [0, 0.1) is 5.82 Å². The molecule has 1 saturated heterocycles. The van der Waals surface area contributed by atoms with Gasteiger partial charge in [0.05, 0.1) is 12.1 Å². The van der Waals surface area contributed by atoms with Crippen LogP contribution in [0.25, 0.3) is 10.8 Å². The Kier molecular flexibility index (Phi) is 8.73. The lowest BCUT2D eigenvalue weighted by molar-refractivity contribution is -0.148. The zero-order valence-electron chi connectivity index (χ0n) is 23.5. The maximum atomic E-state index is 15.2. The van der Waals surface area contributed by atoms with Gasteiger partial charge in [-0.05, 0) is 91.4 Å². The summed E-state index contributed by atoms with van der Waals surface area (Å²) in [6.45, 7) is 1.70. The number of hydrogen-bond donors (Lipinski definition) is 2. The SMILES string of the molecule is O=C(N[C@H](CN1CCCC1)[C@H](O)c1ccc2c(c1)OC(Cl)C(OC1CC1)O2)C(F)(F)CCc1ccc2cc(F)ccc2c1. The quantitative estimate of drug-likeness (QED) is 0.268. The molecule has 3 aliphatic rings. The van der Waals surface area contributed by atoms with Crippen molar-refractivity contribution in [2.24, 2.45) is 0 Å². The molecule has 1 amide bonds. The number of carbonyl (C=O) groups is 1. The molecule has 3 aromatic rings. The Labute approximate surface area is 252 Å². The summed E-state index contributed by atoms with van der Waals surface area (Å²) in [6.07, 6.45) is 1.05. The molecule has 0 bridgehead atoms. The summed E-state index contributed by atoms with van der Waals surface area (Å²) < 4.78 is 61.2. The van der Waals surface area contributed by atoms with E-state index in [1.165, 1.54) is 12.1 Å². The number of hydrogen-bond acceptors (Lipinski definition) is 6. The number of aliphatic hydroxyl groups excluding tert-OH is 1. The fourth-order valence-electron chi connectivity index (χ4n) is 5.55. The van der Waals surface area contributed by atoms with Crippen LogP contribution >= 0.6 is 11.6 Å². The summed E-state index contributed by atoms with van der Waals surface area (Å²) in [4.78, 5) is 15.0. The normalized spacial score (nSPS) is 22.0. The van der Waals surface area contributed by atoms with Crippen LogP contribution in [0.15, 0.2) is 54.6 Å². The molecular weight excluding hydrogens is 585 g/mol. The molecule has 3 aromatic carbocycles. The second-order valence-electron chi connectivity index (χ2n) is 11.6. The van der Waals surface area contributed by atoms with Crippen LogP contribution in [0.2, 0.25) is 0 Å². The number of rotatable bonds is 11. The summed E-state index contributed by atoms with van der Waals surface area (Å²) >= 11 is 6.32. The minimum Gasteiger partial charge on any atom is -0.464 e. The molecule has 1 saturated carbocycles. The third kappa shape index (κ3) is 7.20. The lowest BCUT2D eigenvalue weighted by Crippen LogP contribution is -2.51. The van der Waals surface area contributed by atoms with Gasteiger partial charge in [-0.25, -0.2) is 4.39 Å². The first-order chi connectivity index (χ1) is 20.6. The van der Waals surface area contributed by atoms with Crippen molar-refractivity contribution in [3.8, 4) is 11.5 Å². The molecule has 11 heteroatoms. The van der Waals surface area contributed by atoms with Crippen molar-refractivity contribution in [1.29, 1.82) is 0 Å². The van der Waals surface area contributed by atoms with E-state index >= 15 is 8.78 Å². The van der Waals surface area contributed by atoms with Gasteiger partial charge in [0.15, 0.2) is 11.5 Å². The largest absolute Gasteiger partial charge is 0.464 e. The minimum atomic E-state index is -3.68. The fourth-order valence-corrected chi connectivity index (χ4v) is 5.75. The second kappa shape index (κ2) is 12.5. The van der Waals surface area contributed by atoms with Crippen LogP contribution in [0.1, 0.15) is 49.3 Å². The number of amides is 1. The van der Waals surface area contributed by atoms with Crippen LogP contribution < -0.4 is 14.8 Å². The van der Waals surface area contributed by atoms with Crippen molar-refractivity contribution in [2.75, 3.05) is 19.6 Å². The van der Waals surface area contributed by atoms with Crippen molar-refractivity contribution in [3.63, 3.8) is 0 Å². The lowest BCUT2D eigenvalue weighted by atomic mass is 9.99. The zero-order chi connectivity index (χ0) is 30.1. The Morgan fingerprint density at radius 2 is 1.79 bits per heavy atom. The second-order valence-corrected chi connectivity index (χ2v) is 12.0. The van der Waals surface area contributed by atoms with Gasteiger partial charge in [-0.15, -0.1) is 0 Å². The molecule has 2 unspecified atom stereocenters. The number of likely N-dealkylation sites (tertiary alicyclic amines) is 1. The Hall–Kier alpha value is -3.05. The molecule has 1 aliphatic carbocycles. The number of nitrogens with zero attached hydrogens (tertiary/aromatic N) is 1. The molecule has 2 aliphatic heterocycles. The smallest absolute Gasteiger partial charge is 0.324 e. The molecule has 230 valence electrons. The lowest BCUT2D eigenvalue weighted by Gasteiger charge is -2.32. The number of aliphatic hydroxyl groups is 1. The number of carbonyl (C=O) groups excluding carboxylic acids is 1. The van der Waals surface area contributed by atoms with E-state index in [1.807, 2.05) is 4.90 Å². The zero-order valence-corrected chi connectivity index (χ0v) is 24.2. The molecule has 6 rings (SSSR count). The summed E-state index contributed by atoms with van der Waals surface area (Å²) in [5.41, 5.74) is 0.0788. The van der Waals surface area contributed by atoms with E-state index in [0.717, 1.165) is 44.2 Å². The van der Waals surface area contributed by atoms with Gasteiger partial charge in [-0.1, -0.05) is 41.9 Å². The predicted molar refractivity (Wildman–Crippen MR) is 155 cm³/mol. The van der Waals surface area contributed by atoms with Crippen molar-refractivity contribution in [1.82, 2.24) is 10.2 Å². The maximum absolute atomic E-state index is 15.2. The highest BCUT2D eigenvalue weighted by molar-refractivity contribution is 6.20. The Bertz CT molecular complexity index is 1470. The Morgan fingerprint density at radius 3 is 2.56 bits per heavy atom. The van der Waals surface area contributed by atoms with Crippen LogP contribution in [0.5, 0.6) is 11.5 Å². The number of halogens is 4. The van der Waals surface area contributed by atoms with E-state index in [4.69, 9.17) is 25.8 Å². The Balaban J connectivity index is 1.14. The number of benzene rings is 3. The number of ether oxygens (including phenoxy) is 3. The number of fused-ring (bicyclic) bond motifs is 2. The van der Waals surface area contributed by atoms with E-state index < -0.39 is 42.2 Å². The first-order valence-electron chi connectivity index (χ1n) is 14.7. The topological polar surface area (TPSA) is 80.3 Å². The van der Waals surface area contributed by atoms with E-state index in [1.54, 1.807) is 42.5 Å². The van der Waals surface area contributed by atoms with E-state index in [2.05, 4.69) is 5.32 Å². The maximum Gasteiger partial charge on any atom is 0.324 e. The molecule has 2 fully saturated rings. The van der Waals surface area contributed by atoms with Crippen molar-refractivity contribution >= 4 is 28.3 Å². The highest BCUT2D eigenvalue weighted by atomic mass is 35.5. The number of alkyl halides is 3. The summed E-state index contributed by atoms with van der Waals surface area (Å²) in [5.74, 6) is -4.82. The number of aryl methyl sites for hydroxylation is 1. The van der Waals surface area contributed by atoms with E-state index in [9.17, 15) is 14.3 Å². The molecule has 4 atom stereocenters. The third-order valence-corrected chi connectivity index (χ3v) is 8.43. The molecule has 2 heterocycles. The van der Waals surface area contributed by atoms with Crippen molar-refractivity contribution < 1.29 is 37.3 Å². The average Bonchev–Trinajstić information content (AvgIpc) is 3.66. The monoisotopic (exact) mass is 618 g/mol. The Morgan fingerprint density at radius 1 is 1.05 bits per heavy atom. The van der Waals surface area contributed by atoms with Crippen molar-refractivity contribution in [2.45, 2.75) is 74.6 Å². The predicted octanol–water partition coefficient (Wildman–Crippen LogP) is 5.70. The highest BCUT2D eigenvalue weighted by Gasteiger charge is 2.41. The molecule has 43 heavy (non-hydrogen) atoms. The van der Waals surface area contributed by atoms with Crippen LogP contribution in [-0.2, 0) is 16.0 Å². The fraction of sp³-hybridized carbons (Fsp3) is 0.469. The van der Waals surface area contributed by atoms with Crippen molar-refractivity contribution in [3.05, 3.63) is 71.5 Å². The molecule has 0 aromatic heterocycles. The van der Waals surface area contributed by atoms with E-state index in [-0.39, 0.29) is 24.9 Å².